The van der Waals surface area contributed by atoms with Crippen LogP contribution in [0.3, 0.4) is 0 Å². The summed E-state index contributed by atoms with van der Waals surface area (Å²) in [5.74, 6) is -4.43. The minimum Gasteiger partial charge on any atom is -0.451 e. The van der Waals surface area contributed by atoms with Gasteiger partial charge >= 0.3 is 17.9 Å². The summed E-state index contributed by atoms with van der Waals surface area (Å²) in [5.41, 5.74) is 0.468. The summed E-state index contributed by atoms with van der Waals surface area (Å²) in [6.07, 6.45) is 1.71. The normalized spacial score (nSPS) is 25.4. The van der Waals surface area contributed by atoms with E-state index in [0.29, 0.717) is 18.8 Å². The van der Waals surface area contributed by atoms with Crippen LogP contribution in [-0.4, -0.2) is 66.0 Å². The standard InChI is InChI=1S/C14H15ClN4O6/c15-10-7-9(19-5-3-16-4-6-19)13(18-17-10)25-14(22)8-23-11(20)1-2-12(21)24-14/h1-2,7,16,22H,3-6,8H2/b2-1+. The van der Waals surface area contributed by atoms with Crippen LogP contribution in [0.1, 0.15) is 0 Å². The van der Waals surface area contributed by atoms with Crippen LogP contribution in [-0.2, 0) is 19.1 Å². The van der Waals surface area contributed by atoms with Gasteiger partial charge in [0.15, 0.2) is 11.8 Å². The van der Waals surface area contributed by atoms with E-state index in [4.69, 9.17) is 25.8 Å². The zero-order chi connectivity index (χ0) is 17.9. The van der Waals surface area contributed by atoms with Crippen molar-refractivity contribution in [3.05, 3.63) is 23.4 Å². The van der Waals surface area contributed by atoms with Gasteiger partial charge in [0.25, 0.3) is 5.88 Å². The van der Waals surface area contributed by atoms with Gasteiger partial charge in [0.05, 0.1) is 0 Å². The van der Waals surface area contributed by atoms with Crippen LogP contribution in [0.5, 0.6) is 5.88 Å². The Bertz CT molecular complexity index is 709. The molecule has 1 aromatic rings. The number of ether oxygens (including phenoxy) is 3. The molecule has 10 nitrogen and oxygen atoms in total. The molecule has 3 heterocycles. The smallest absolute Gasteiger partial charge is 0.409 e. The van der Waals surface area contributed by atoms with E-state index in [-0.39, 0.29) is 11.0 Å². The first-order valence-electron chi connectivity index (χ1n) is 7.43. The average Bonchev–Trinajstić information content (AvgIpc) is 2.60. The van der Waals surface area contributed by atoms with Crippen LogP contribution in [0.4, 0.5) is 5.69 Å². The third-order valence-electron chi connectivity index (χ3n) is 3.44. The molecular formula is C14H15ClN4O6. The van der Waals surface area contributed by atoms with E-state index in [1.165, 1.54) is 6.07 Å². The van der Waals surface area contributed by atoms with Crippen LogP contribution in [0.2, 0.25) is 5.15 Å². The molecule has 11 heteroatoms. The van der Waals surface area contributed by atoms with E-state index in [0.717, 1.165) is 25.2 Å². The Morgan fingerprint density at radius 3 is 2.72 bits per heavy atom. The second-order valence-electron chi connectivity index (χ2n) is 5.27. The van der Waals surface area contributed by atoms with E-state index < -0.39 is 24.5 Å². The third kappa shape index (κ3) is 4.35. The Morgan fingerprint density at radius 1 is 1.24 bits per heavy atom. The summed E-state index contributed by atoms with van der Waals surface area (Å²) in [6.45, 7) is 2.04. The first-order chi connectivity index (χ1) is 12.0. The molecule has 2 aliphatic heterocycles. The Labute approximate surface area is 147 Å². The molecular weight excluding hydrogens is 356 g/mol. The lowest BCUT2D eigenvalue weighted by atomic mass is 10.3. The minimum atomic E-state index is -2.54. The first kappa shape index (κ1) is 17.4. The van der Waals surface area contributed by atoms with Crippen molar-refractivity contribution in [2.24, 2.45) is 0 Å². The summed E-state index contributed by atoms with van der Waals surface area (Å²) >= 11 is 5.91. The molecule has 2 N–H and O–H groups in total. The van der Waals surface area contributed by atoms with Gasteiger partial charge in [-0.3, -0.25) is 0 Å². The number of nitrogens with zero attached hydrogens (tertiary/aromatic N) is 3. The molecule has 0 spiro atoms. The monoisotopic (exact) mass is 370 g/mol. The molecule has 1 saturated heterocycles. The second kappa shape index (κ2) is 7.21. The molecule has 0 saturated carbocycles. The summed E-state index contributed by atoms with van der Waals surface area (Å²) in [7, 11) is 0. The zero-order valence-electron chi connectivity index (χ0n) is 13.0. The number of hydrogen-bond acceptors (Lipinski definition) is 10. The van der Waals surface area contributed by atoms with E-state index in [9.17, 15) is 14.7 Å². The largest absolute Gasteiger partial charge is 0.451 e. The highest BCUT2D eigenvalue weighted by Gasteiger charge is 2.39. The molecule has 134 valence electrons. The van der Waals surface area contributed by atoms with E-state index in [2.05, 4.69) is 15.5 Å². The molecule has 1 aromatic heterocycles. The fraction of sp³-hybridized carbons (Fsp3) is 0.429. The van der Waals surface area contributed by atoms with E-state index >= 15 is 0 Å². The Kier molecular flexibility index (Phi) is 5.02. The minimum absolute atomic E-state index is 0.109. The maximum absolute atomic E-state index is 11.6. The zero-order valence-corrected chi connectivity index (χ0v) is 13.7. The van der Waals surface area contributed by atoms with E-state index in [1.807, 2.05) is 4.90 Å². The highest BCUT2D eigenvalue weighted by molar-refractivity contribution is 6.29. The third-order valence-corrected chi connectivity index (χ3v) is 3.62. The van der Waals surface area contributed by atoms with Crippen molar-refractivity contribution in [1.29, 1.82) is 0 Å². The van der Waals surface area contributed by atoms with Crippen LogP contribution in [0.25, 0.3) is 0 Å². The van der Waals surface area contributed by atoms with Crippen molar-refractivity contribution in [3.8, 4) is 5.88 Å². The molecule has 1 atom stereocenters. The number of anilines is 1. The lowest BCUT2D eigenvalue weighted by Gasteiger charge is -2.32. The van der Waals surface area contributed by atoms with Gasteiger partial charge < -0.3 is 29.5 Å². The number of aliphatic hydroxyl groups is 1. The van der Waals surface area contributed by atoms with Crippen LogP contribution >= 0.6 is 11.6 Å². The highest BCUT2D eigenvalue weighted by atomic mass is 35.5. The lowest BCUT2D eigenvalue weighted by Crippen LogP contribution is -2.48. The maximum Gasteiger partial charge on any atom is 0.409 e. The number of carbonyl (C=O) groups is 2. The number of rotatable bonds is 3. The molecule has 1 unspecified atom stereocenters. The number of piperazine rings is 1. The van der Waals surface area contributed by atoms with Crippen molar-refractivity contribution in [1.82, 2.24) is 15.5 Å². The molecule has 0 amide bonds. The quantitative estimate of drug-likeness (QED) is 0.517. The number of esters is 2. The van der Waals surface area contributed by atoms with Gasteiger partial charge in [-0.1, -0.05) is 11.6 Å². The number of halogens is 1. The Hall–Kier alpha value is -2.43. The van der Waals surface area contributed by atoms with Gasteiger partial charge in [-0.25, -0.2) is 9.59 Å². The van der Waals surface area contributed by atoms with Crippen LogP contribution < -0.4 is 15.0 Å². The van der Waals surface area contributed by atoms with Crippen molar-refractivity contribution >= 4 is 29.2 Å². The fourth-order valence-electron chi connectivity index (χ4n) is 2.32. The number of aromatic nitrogens is 2. The Morgan fingerprint density at radius 2 is 1.96 bits per heavy atom. The number of carbonyl (C=O) groups excluding carboxylic acids is 2. The fourth-order valence-corrected chi connectivity index (χ4v) is 2.46. The van der Waals surface area contributed by atoms with Gasteiger partial charge in [-0.2, -0.15) is 0 Å². The van der Waals surface area contributed by atoms with Gasteiger partial charge in [-0.15, -0.1) is 10.2 Å². The second-order valence-corrected chi connectivity index (χ2v) is 5.66. The lowest BCUT2D eigenvalue weighted by molar-refractivity contribution is -0.316. The van der Waals surface area contributed by atoms with Crippen molar-refractivity contribution in [3.63, 3.8) is 0 Å². The molecule has 0 radical (unpaired) electrons. The maximum atomic E-state index is 11.6. The topological polar surface area (TPSA) is 123 Å². The average molecular weight is 371 g/mol. The molecule has 25 heavy (non-hydrogen) atoms. The van der Waals surface area contributed by atoms with E-state index in [1.54, 1.807) is 0 Å². The number of cyclic esters (lactones) is 2. The summed E-state index contributed by atoms with van der Waals surface area (Å²) in [6, 6.07) is 1.52. The number of nitrogens with one attached hydrogen (secondary N) is 1. The molecule has 2 aliphatic rings. The molecule has 1 fully saturated rings. The number of hydrogen-bond donors (Lipinski definition) is 2. The van der Waals surface area contributed by atoms with Crippen molar-refractivity contribution in [2.75, 3.05) is 37.7 Å². The van der Waals surface area contributed by atoms with Gasteiger partial charge in [-0.05, 0) is 0 Å². The van der Waals surface area contributed by atoms with Crippen molar-refractivity contribution in [2.45, 2.75) is 5.97 Å². The van der Waals surface area contributed by atoms with Gasteiger partial charge in [0, 0.05) is 44.4 Å². The predicted molar refractivity (Wildman–Crippen MR) is 83.9 cm³/mol. The first-order valence-corrected chi connectivity index (χ1v) is 7.81. The van der Waals surface area contributed by atoms with Crippen molar-refractivity contribution < 1.29 is 28.9 Å². The highest BCUT2D eigenvalue weighted by Crippen LogP contribution is 2.31. The molecule has 0 bridgehead atoms. The summed E-state index contributed by atoms with van der Waals surface area (Å²) in [4.78, 5) is 24.9. The predicted octanol–water partition coefficient (Wildman–Crippen LogP) is -0.779. The van der Waals surface area contributed by atoms with Gasteiger partial charge in [0.2, 0.25) is 0 Å². The summed E-state index contributed by atoms with van der Waals surface area (Å²) < 4.78 is 14.9. The Balaban J connectivity index is 1.87. The molecule has 0 aliphatic carbocycles. The van der Waals surface area contributed by atoms with Crippen LogP contribution in [0, 0.1) is 0 Å². The molecule has 3 rings (SSSR count). The van der Waals surface area contributed by atoms with Crippen LogP contribution in [0.15, 0.2) is 18.2 Å². The van der Waals surface area contributed by atoms with Gasteiger partial charge in [0.1, 0.15) is 5.69 Å². The molecule has 0 aromatic carbocycles. The summed E-state index contributed by atoms with van der Waals surface area (Å²) in [5, 5.41) is 21.2. The SMILES string of the molecule is O=C1/C=C/C(=O)OC(O)(Oc2nnc(Cl)cc2N2CCNCC2)CO1.